The summed E-state index contributed by atoms with van der Waals surface area (Å²) in [6.45, 7) is 0. The van der Waals surface area contributed by atoms with Gasteiger partial charge in [0, 0.05) is 33.3 Å². The lowest BCUT2D eigenvalue weighted by Crippen LogP contribution is -2.11. The van der Waals surface area contributed by atoms with Gasteiger partial charge in [-0.15, -0.1) is 0 Å². The predicted octanol–water partition coefficient (Wildman–Crippen LogP) is 13.2. The van der Waals surface area contributed by atoms with Gasteiger partial charge < -0.3 is 9.32 Å². The van der Waals surface area contributed by atoms with Crippen LogP contribution in [0.15, 0.2) is 192 Å². The van der Waals surface area contributed by atoms with Crippen molar-refractivity contribution >= 4 is 49.8 Å². The molecule has 0 aliphatic carbocycles. The molecule has 0 amide bonds. The Hall–Kier alpha value is -6.38. The molecule has 9 aromatic rings. The van der Waals surface area contributed by atoms with Crippen molar-refractivity contribution in [3.05, 3.63) is 188 Å². The first-order valence-corrected chi connectivity index (χ1v) is 16.3. The van der Waals surface area contributed by atoms with Gasteiger partial charge in [0.15, 0.2) is 0 Å². The molecule has 9 rings (SSSR count). The van der Waals surface area contributed by atoms with Crippen molar-refractivity contribution in [2.45, 2.75) is 0 Å². The highest BCUT2D eigenvalue weighted by Gasteiger charge is 2.22. The second kappa shape index (κ2) is 11.8. The number of fused-ring (bicyclic) bond motifs is 4. The Balaban J connectivity index is 1.32. The summed E-state index contributed by atoms with van der Waals surface area (Å²) in [5, 5.41) is 4.61. The van der Waals surface area contributed by atoms with Crippen molar-refractivity contribution in [1.82, 2.24) is 0 Å². The molecule has 0 spiro atoms. The van der Waals surface area contributed by atoms with Crippen LogP contribution >= 0.6 is 0 Å². The third-order valence-electron chi connectivity index (χ3n) is 9.24. The van der Waals surface area contributed by atoms with Crippen molar-refractivity contribution < 1.29 is 4.42 Å². The number of furan rings is 1. The van der Waals surface area contributed by atoms with Crippen molar-refractivity contribution in [1.29, 1.82) is 0 Å². The van der Waals surface area contributed by atoms with Gasteiger partial charge in [0.05, 0.1) is 5.69 Å². The van der Waals surface area contributed by atoms with E-state index in [4.69, 9.17) is 4.42 Å². The maximum absolute atomic E-state index is 6.64. The fourth-order valence-electron chi connectivity index (χ4n) is 6.90. The van der Waals surface area contributed by atoms with Crippen LogP contribution in [-0.2, 0) is 0 Å². The third-order valence-corrected chi connectivity index (χ3v) is 9.24. The Morgan fingerprint density at radius 2 is 0.979 bits per heavy atom. The van der Waals surface area contributed by atoms with Gasteiger partial charge in [-0.25, -0.2) is 0 Å². The Bertz CT molecular complexity index is 2550. The summed E-state index contributed by atoms with van der Waals surface area (Å²) in [6, 6.07) is 66.9. The first kappa shape index (κ1) is 27.9. The fourth-order valence-corrected chi connectivity index (χ4v) is 6.90. The molecular formula is C46H31NO. The number of anilines is 3. The highest BCUT2D eigenvalue weighted by molar-refractivity contribution is 6.12. The van der Waals surface area contributed by atoms with Crippen LogP contribution in [0.2, 0.25) is 0 Å². The van der Waals surface area contributed by atoms with E-state index in [1.54, 1.807) is 0 Å². The molecule has 1 heterocycles. The maximum Gasteiger partial charge on any atom is 0.143 e. The zero-order valence-electron chi connectivity index (χ0n) is 26.3. The van der Waals surface area contributed by atoms with Gasteiger partial charge in [0.1, 0.15) is 11.2 Å². The van der Waals surface area contributed by atoms with Crippen LogP contribution in [0.3, 0.4) is 0 Å². The summed E-state index contributed by atoms with van der Waals surface area (Å²) in [5.74, 6) is 0. The van der Waals surface area contributed by atoms with Gasteiger partial charge in [0.2, 0.25) is 0 Å². The zero-order valence-corrected chi connectivity index (χ0v) is 26.3. The topological polar surface area (TPSA) is 16.4 Å². The zero-order chi connectivity index (χ0) is 31.9. The monoisotopic (exact) mass is 613 g/mol. The second-order valence-corrected chi connectivity index (χ2v) is 12.2. The number of rotatable bonds is 6. The molecule has 0 aliphatic rings. The molecule has 0 saturated carbocycles. The van der Waals surface area contributed by atoms with Crippen LogP contribution in [0.1, 0.15) is 0 Å². The van der Waals surface area contributed by atoms with Crippen molar-refractivity contribution in [3.63, 3.8) is 0 Å². The lowest BCUT2D eigenvalue weighted by molar-refractivity contribution is 0.670. The number of nitrogens with zero attached hydrogens (tertiary/aromatic N) is 1. The summed E-state index contributed by atoms with van der Waals surface area (Å²) in [6.07, 6.45) is 0. The molecule has 0 aliphatic heterocycles. The summed E-state index contributed by atoms with van der Waals surface area (Å²) < 4.78 is 6.64. The summed E-state index contributed by atoms with van der Waals surface area (Å²) >= 11 is 0. The molecule has 2 heteroatoms. The number of para-hydroxylation sites is 2. The lowest BCUT2D eigenvalue weighted by atomic mass is 9.97. The fraction of sp³-hybridized carbons (Fsp3) is 0. The maximum atomic E-state index is 6.64. The predicted molar refractivity (Wildman–Crippen MR) is 202 cm³/mol. The van der Waals surface area contributed by atoms with Gasteiger partial charge >= 0.3 is 0 Å². The molecule has 8 aromatic carbocycles. The molecule has 0 fully saturated rings. The van der Waals surface area contributed by atoms with E-state index in [9.17, 15) is 0 Å². The standard InChI is InChI=1S/C46H31NO/c1-3-13-32(14-4-1)34-25-27-38(28-26-34)47(44-21-11-9-19-40(44)35-16-5-2-6-17-35)39-30-42(37-24-23-33-15-7-8-18-36(33)29-37)46-43(31-39)41-20-10-12-22-45(41)48-46/h1-31H. The first-order chi connectivity index (χ1) is 23.8. The van der Waals surface area contributed by atoms with Crippen LogP contribution in [0.4, 0.5) is 17.1 Å². The van der Waals surface area contributed by atoms with Crippen LogP contribution in [0, 0.1) is 0 Å². The molecule has 0 radical (unpaired) electrons. The molecule has 0 bridgehead atoms. The minimum Gasteiger partial charge on any atom is -0.455 e. The van der Waals surface area contributed by atoms with Crippen LogP contribution < -0.4 is 4.90 Å². The molecular weight excluding hydrogens is 583 g/mol. The third kappa shape index (κ3) is 4.92. The van der Waals surface area contributed by atoms with Gasteiger partial charge in [0.25, 0.3) is 0 Å². The smallest absolute Gasteiger partial charge is 0.143 e. The normalized spacial score (nSPS) is 11.3. The van der Waals surface area contributed by atoms with E-state index in [1.165, 1.54) is 27.5 Å². The van der Waals surface area contributed by atoms with Gasteiger partial charge in [-0.1, -0.05) is 146 Å². The molecule has 48 heavy (non-hydrogen) atoms. The Morgan fingerprint density at radius 1 is 0.354 bits per heavy atom. The van der Waals surface area contributed by atoms with E-state index in [0.717, 1.165) is 55.7 Å². The van der Waals surface area contributed by atoms with Gasteiger partial charge in [-0.05, 0) is 75.5 Å². The second-order valence-electron chi connectivity index (χ2n) is 12.2. The van der Waals surface area contributed by atoms with Crippen LogP contribution in [0.5, 0.6) is 0 Å². The van der Waals surface area contributed by atoms with Crippen LogP contribution in [-0.4, -0.2) is 0 Å². The quantitative estimate of drug-likeness (QED) is 0.185. The molecule has 1 aromatic heterocycles. The highest BCUT2D eigenvalue weighted by atomic mass is 16.3. The minimum absolute atomic E-state index is 0.884. The van der Waals surface area contributed by atoms with E-state index < -0.39 is 0 Å². The SMILES string of the molecule is c1ccc(-c2ccc(N(c3cc(-c4ccc5ccccc5c4)c4oc5ccccc5c4c3)c3ccccc3-c3ccccc3)cc2)cc1. The van der Waals surface area contributed by atoms with E-state index >= 15 is 0 Å². The molecule has 2 nitrogen and oxygen atoms in total. The minimum atomic E-state index is 0.884. The highest BCUT2D eigenvalue weighted by Crippen LogP contribution is 2.46. The van der Waals surface area contributed by atoms with E-state index in [2.05, 4.69) is 187 Å². The average Bonchev–Trinajstić information content (AvgIpc) is 3.54. The lowest BCUT2D eigenvalue weighted by Gasteiger charge is -2.28. The molecule has 0 atom stereocenters. The number of hydrogen-bond acceptors (Lipinski definition) is 2. The van der Waals surface area contributed by atoms with E-state index in [0.29, 0.717) is 0 Å². The molecule has 0 saturated heterocycles. The average molecular weight is 614 g/mol. The molecule has 0 N–H and O–H groups in total. The number of benzene rings is 8. The van der Waals surface area contributed by atoms with Gasteiger partial charge in [-0.3, -0.25) is 0 Å². The molecule has 226 valence electrons. The van der Waals surface area contributed by atoms with Gasteiger partial charge in [-0.2, -0.15) is 0 Å². The van der Waals surface area contributed by atoms with Crippen molar-refractivity contribution in [2.24, 2.45) is 0 Å². The number of hydrogen-bond donors (Lipinski definition) is 0. The molecule has 0 unspecified atom stereocenters. The van der Waals surface area contributed by atoms with Crippen LogP contribution in [0.25, 0.3) is 66.1 Å². The first-order valence-electron chi connectivity index (χ1n) is 16.3. The summed E-state index contributed by atoms with van der Waals surface area (Å²) in [5.41, 5.74) is 11.9. The Labute approximate surface area is 279 Å². The Kier molecular flexibility index (Phi) is 6.84. The summed E-state index contributed by atoms with van der Waals surface area (Å²) in [7, 11) is 0. The largest absolute Gasteiger partial charge is 0.455 e. The summed E-state index contributed by atoms with van der Waals surface area (Å²) in [4.78, 5) is 2.39. The van der Waals surface area contributed by atoms with E-state index in [-0.39, 0.29) is 0 Å². The van der Waals surface area contributed by atoms with E-state index in [1.807, 2.05) is 6.07 Å². The van der Waals surface area contributed by atoms with Crippen molar-refractivity contribution in [3.8, 4) is 33.4 Å². The Morgan fingerprint density at radius 3 is 1.79 bits per heavy atom. The van der Waals surface area contributed by atoms with Crippen molar-refractivity contribution in [2.75, 3.05) is 4.90 Å².